The van der Waals surface area contributed by atoms with E-state index in [0.29, 0.717) is 33.9 Å². The van der Waals surface area contributed by atoms with Gasteiger partial charge in [-0.15, -0.1) is 0 Å². The molecule has 4 aromatic rings. The van der Waals surface area contributed by atoms with E-state index in [1.165, 1.54) is 10.9 Å². The van der Waals surface area contributed by atoms with Gasteiger partial charge in [0.05, 0.1) is 29.4 Å². The van der Waals surface area contributed by atoms with Crippen molar-refractivity contribution in [2.75, 3.05) is 5.32 Å². The van der Waals surface area contributed by atoms with Crippen LogP contribution in [0.5, 0.6) is 0 Å². The first kappa shape index (κ1) is 18.6. The molecule has 4 rings (SSSR count). The summed E-state index contributed by atoms with van der Waals surface area (Å²) < 4.78 is 1.39. The van der Waals surface area contributed by atoms with Gasteiger partial charge >= 0.3 is 0 Å². The molecule has 0 radical (unpaired) electrons. The van der Waals surface area contributed by atoms with Crippen molar-refractivity contribution in [3.63, 3.8) is 0 Å². The van der Waals surface area contributed by atoms with Gasteiger partial charge in [0.1, 0.15) is 22.6 Å². The molecule has 0 unspecified atom stereocenters. The molecule has 0 bridgehead atoms. The van der Waals surface area contributed by atoms with Crippen LogP contribution in [0.4, 0.5) is 11.6 Å². The highest BCUT2D eigenvalue weighted by Gasteiger charge is 2.18. The zero-order valence-corrected chi connectivity index (χ0v) is 16.2. The number of aromatic nitrogens is 6. The van der Waals surface area contributed by atoms with E-state index in [9.17, 15) is 9.90 Å². The Kier molecular flexibility index (Phi) is 4.51. The zero-order chi connectivity index (χ0) is 20.6. The highest BCUT2D eigenvalue weighted by Crippen LogP contribution is 2.27. The van der Waals surface area contributed by atoms with Crippen molar-refractivity contribution in [2.45, 2.75) is 19.4 Å². The molecule has 0 saturated carbocycles. The number of pyridine rings is 2. The highest BCUT2D eigenvalue weighted by atomic mass is 16.3. The molecule has 0 aliphatic carbocycles. The topological polar surface area (TPSA) is 119 Å². The number of aliphatic hydroxyl groups is 1. The van der Waals surface area contributed by atoms with Gasteiger partial charge in [0.2, 0.25) is 0 Å². The van der Waals surface area contributed by atoms with E-state index in [2.05, 4.69) is 30.2 Å². The molecule has 0 fully saturated rings. The first-order chi connectivity index (χ1) is 13.8. The van der Waals surface area contributed by atoms with Crippen LogP contribution in [-0.2, 0) is 12.6 Å². The lowest BCUT2D eigenvalue weighted by molar-refractivity contribution is 0.0739. The van der Waals surface area contributed by atoms with Crippen LogP contribution >= 0.6 is 0 Å². The van der Waals surface area contributed by atoms with Gasteiger partial charge in [0.25, 0.3) is 5.56 Å². The molecule has 0 saturated heterocycles. The van der Waals surface area contributed by atoms with Crippen LogP contribution in [0.25, 0.3) is 22.2 Å². The SMILES string of the molecule is Cn1cnc2cc(-c3ccc(C(C)(C)O)nc3)nc(Nc3cnccn3)c2c1=O. The van der Waals surface area contributed by atoms with Crippen molar-refractivity contribution in [3.8, 4) is 11.3 Å². The summed E-state index contributed by atoms with van der Waals surface area (Å²) in [6.07, 6.45) is 7.75. The minimum Gasteiger partial charge on any atom is -0.384 e. The molecule has 0 aliphatic rings. The summed E-state index contributed by atoms with van der Waals surface area (Å²) in [5, 5.41) is 13.5. The summed E-state index contributed by atoms with van der Waals surface area (Å²) in [5.41, 5.74) is 1.09. The van der Waals surface area contributed by atoms with E-state index in [4.69, 9.17) is 0 Å². The molecule has 0 aromatic carbocycles. The maximum Gasteiger partial charge on any atom is 0.264 e. The van der Waals surface area contributed by atoms with Crippen LogP contribution in [0.3, 0.4) is 0 Å². The van der Waals surface area contributed by atoms with E-state index < -0.39 is 5.60 Å². The Balaban J connectivity index is 1.88. The lowest BCUT2D eigenvalue weighted by Gasteiger charge is -2.16. The van der Waals surface area contributed by atoms with Gasteiger partial charge in [0.15, 0.2) is 0 Å². The summed E-state index contributed by atoms with van der Waals surface area (Å²) in [5.74, 6) is 0.790. The lowest BCUT2D eigenvalue weighted by atomic mass is 10.0. The molecule has 0 spiro atoms. The van der Waals surface area contributed by atoms with Crippen LogP contribution in [0.15, 0.2) is 54.1 Å². The number of nitrogens with one attached hydrogen (secondary N) is 1. The van der Waals surface area contributed by atoms with Crippen molar-refractivity contribution in [1.82, 2.24) is 29.5 Å². The summed E-state index contributed by atoms with van der Waals surface area (Å²) in [6.45, 7) is 3.35. The van der Waals surface area contributed by atoms with Gasteiger partial charge in [-0.05, 0) is 32.0 Å². The molecule has 0 amide bonds. The summed E-state index contributed by atoms with van der Waals surface area (Å²) in [7, 11) is 1.63. The summed E-state index contributed by atoms with van der Waals surface area (Å²) in [4.78, 5) is 34.3. The Labute approximate surface area is 166 Å². The third-order valence-corrected chi connectivity index (χ3v) is 4.40. The second kappa shape index (κ2) is 7.02. The molecule has 2 N–H and O–H groups in total. The minimum absolute atomic E-state index is 0.226. The first-order valence-electron chi connectivity index (χ1n) is 8.91. The van der Waals surface area contributed by atoms with Crippen LogP contribution in [0, 0.1) is 0 Å². The zero-order valence-electron chi connectivity index (χ0n) is 16.2. The minimum atomic E-state index is -1.04. The fraction of sp³-hybridized carbons (Fsp3) is 0.200. The molecule has 0 aliphatic heterocycles. The van der Waals surface area contributed by atoms with Crippen molar-refractivity contribution >= 4 is 22.5 Å². The van der Waals surface area contributed by atoms with Crippen LogP contribution in [0.1, 0.15) is 19.5 Å². The second-order valence-corrected chi connectivity index (χ2v) is 7.12. The van der Waals surface area contributed by atoms with Crippen molar-refractivity contribution in [2.24, 2.45) is 7.05 Å². The van der Waals surface area contributed by atoms with Gasteiger partial charge in [-0.25, -0.2) is 15.0 Å². The Hall–Kier alpha value is -3.72. The fourth-order valence-electron chi connectivity index (χ4n) is 2.85. The van der Waals surface area contributed by atoms with Gasteiger partial charge < -0.3 is 15.0 Å². The Morgan fingerprint density at radius 3 is 2.59 bits per heavy atom. The smallest absolute Gasteiger partial charge is 0.264 e. The van der Waals surface area contributed by atoms with E-state index in [-0.39, 0.29) is 5.56 Å². The average Bonchev–Trinajstić information content (AvgIpc) is 2.71. The predicted molar refractivity (Wildman–Crippen MR) is 109 cm³/mol. The molecule has 9 heteroatoms. The highest BCUT2D eigenvalue weighted by molar-refractivity contribution is 5.92. The van der Waals surface area contributed by atoms with Gasteiger partial charge in [0, 0.05) is 31.2 Å². The fourth-order valence-corrected chi connectivity index (χ4v) is 2.85. The molecule has 146 valence electrons. The third kappa shape index (κ3) is 3.67. The second-order valence-electron chi connectivity index (χ2n) is 7.12. The van der Waals surface area contributed by atoms with Crippen molar-refractivity contribution in [3.05, 3.63) is 65.4 Å². The molecular weight excluding hydrogens is 370 g/mol. The lowest BCUT2D eigenvalue weighted by Crippen LogP contribution is -2.19. The molecule has 9 nitrogen and oxygen atoms in total. The van der Waals surface area contributed by atoms with Crippen LogP contribution in [-0.4, -0.2) is 34.6 Å². The number of anilines is 2. The number of aryl methyl sites for hydroxylation is 1. The molecule has 4 heterocycles. The average molecular weight is 389 g/mol. The molecular formula is C20H19N7O2. The predicted octanol–water partition coefficient (Wildman–Crippen LogP) is 2.15. The monoisotopic (exact) mass is 389 g/mol. The van der Waals surface area contributed by atoms with Gasteiger partial charge in [-0.2, -0.15) is 0 Å². The normalized spacial score (nSPS) is 11.6. The first-order valence-corrected chi connectivity index (χ1v) is 8.91. The largest absolute Gasteiger partial charge is 0.384 e. The summed E-state index contributed by atoms with van der Waals surface area (Å²) >= 11 is 0. The number of rotatable bonds is 4. The molecule has 29 heavy (non-hydrogen) atoms. The van der Waals surface area contributed by atoms with Gasteiger partial charge in [-0.1, -0.05) is 0 Å². The Bertz CT molecular complexity index is 1230. The van der Waals surface area contributed by atoms with E-state index in [0.717, 1.165) is 5.56 Å². The third-order valence-electron chi connectivity index (χ3n) is 4.40. The van der Waals surface area contributed by atoms with E-state index in [1.54, 1.807) is 57.8 Å². The number of nitrogens with zero attached hydrogens (tertiary/aromatic N) is 6. The van der Waals surface area contributed by atoms with Crippen LogP contribution in [0.2, 0.25) is 0 Å². The quantitative estimate of drug-likeness (QED) is 0.545. The maximum absolute atomic E-state index is 12.7. The van der Waals surface area contributed by atoms with E-state index in [1.807, 2.05) is 6.07 Å². The van der Waals surface area contributed by atoms with Gasteiger partial charge in [-0.3, -0.25) is 14.8 Å². The molecule has 4 aromatic heterocycles. The number of hydrogen-bond acceptors (Lipinski definition) is 8. The Morgan fingerprint density at radius 2 is 1.93 bits per heavy atom. The Morgan fingerprint density at radius 1 is 1.10 bits per heavy atom. The standard InChI is InChI=1S/C20H19N7O2/c1-20(2,29)15-5-4-12(9-23-15)13-8-14-17(19(28)27(3)11-24-14)18(25-13)26-16-10-21-6-7-22-16/h4-11,29H,1-3H3,(H,22,25,26). The van der Waals surface area contributed by atoms with Crippen molar-refractivity contribution < 1.29 is 5.11 Å². The number of hydrogen-bond donors (Lipinski definition) is 2. The molecule has 0 atom stereocenters. The van der Waals surface area contributed by atoms with E-state index >= 15 is 0 Å². The van der Waals surface area contributed by atoms with Crippen LogP contribution < -0.4 is 10.9 Å². The van der Waals surface area contributed by atoms with Crippen molar-refractivity contribution in [1.29, 1.82) is 0 Å². The number of fused-ring (bicyclic) bond motifs is 1. The maximum atomic E-state index is 12.7. The summed E-state index contributed by atoms with van der Waals surface area (Å²) in [6, 6.07) is 5.30.